The maximum Gasteiger partial charge on any atom is 0.0607 e. The number of piperidine rings is 1. The maximum atomic E-state index is 3.86. The molecule has 23 heavy (non-hydrogen) atoms. The van der Waals surface area contributed by atoms with Gasteiger partial charge in [0.1, 0.15) is 0 Å². The molecule has 2 heterocycles. The molecule has 2 nitrogen and oxygen atoms in total. The fourth-order valence-electron chi connectivity index (χ4n) is 5.29. The second kappa shape index (κ2) is 6.22. The lowest BCUT2D eigenvalue weighted by atomic mass is 9.62. The molecule has 1 N–H and O–H groups in total. The van der Waals surface area contributed by atoms with Crippen LogP contribution in [0.3, 0.4) is 0 Å². The number of nitrogens with zero attached hydrogens (tertiary/aromatic N) is 1. The van der Waals surface area contributed by atoms with Gasteiger partial charge in [0.2, 0.25) is 0 Å². The largest absolute Gasteiger partial charge is 0.302 e. The minimum absolute atomic E-state index is 0.608. The van der Waals surface area contributed by atoms with Crippen molar-refractivity contribution >= 4 is 0 Å². The van der Waals surface area contributed by atoms with Crippen molar-refractivity contribution in [3.63, 3.8) is 0 Å². The van der Waals surface area contributed by atoms with E-state index in [1.807, 2.05) is 0 Å². The predicted octanol–water partition coefficient (Wildman–Crippen LogP) is 4.83. The zero-order valence-electron chi connectivity index (χ0n) is 14.9. The number of rotatable bonds is 3. The third-order valence-electron chi connectivity index (χ3n) is 6.75. The number of nitrogens with one attached hydrogen (secondary N) is 1. The van der Waals surface area contributed by atoms with Gasteiger partial charge in [0.15, 0.2) is 0 Å². The van der Waals surface area contributed by atoms with Gasteiger partial charge in [-0.15, -0.1) is 0 Å². The first-order valence-electron chi connectivity index (χ1n) is 9.76. The van der Waals surface area contributed by atoms with Crippen LogP contribution in [0.25, 0.3) is 0 Å². The molecule has 126 valence electrons. The van der Waals surface area contributed by atoms with E-state index < -0.39 is 0 Å². The van der Waals surface area contributed by atoms with E-state index in [9.17, 15) is 0 Å². The van der Waals surface area contributed by atoms with E-state index in [1.54, 1.807) is 11.1 Å². The summed E-state index contributed by atoms with van der Waals surface area (Å²) in [5, 5.41) is 3.86. The van der Waals surface area contributed by atoms with E-state index in [4.69, 9.17) is 0 Å². The molecule has 1 aliphatic carbocycles. The van der Waals surface area contributed by atoms with Crippen molar-refractivity contribution < 1.29 is 0 Å². The van der Waals surface area contributed by atoms with Crippen LogP contribution in [0.5, 0.6) is 0 Å². The fraction of sp³-hybridized carbons (Fsp3) is 0.714. The van der Waals surface area contributed by atoms with E-state index >= 15 is 0 Å². The number of likely N-dealkylation sites (tertiary alicyclic amines) is 1. The Morgan fingerprint density at radius 2 is 1.96 bits per heavy atom. The standard InChI is InChI=1S/C21H32N2/c1-16(2)17-7-3-4-8-18(17)19-9-5-14-23(19)20-15-21(10-6-11-21)12-13-22-20/h3-4,7-8,16,19-20,22H,5-6,9-15H2,1-2H3. The monoisotopic (exact) mass is 312 g/mol. The molecule has 0 radical (unpaired) electrons. The van der Waals surface area contributed by atoms with Crippen LogP contribution in [0.1, 0.15) is 81.9 Å². The Balaban J connectivity index is 1.57. The van der Waals surface area contributed by atoms with E-state index in [0.29, 0.717) is 23.5 Å². The summed E-state index contributed by atoms with van der Waals surface area (Å²) in [4.78, 5) is 2.81. The van der Waals surface area contributed by atoms with Crippen LogP contribution in [-0.4, -0.2) is 24.2 Å². The molecule has 2 atom stereocenters. The summed E-state index contributed by atoms with van der Waals surface area (Å²) in [6.07, 6.45) is 10.5. The van der Waals surface area contributed by atoms with Crippen molar-refractivity contribution in [2.24, 2.45) is 5.41 Å². The molecule has 0 aromatic heterocycles. The molecule has 0 amide bonds. The van der Waals surface area contributed by atoms with E-state index in [0.717, 1.165) is 0 Å². The molecule has 0 bridgehead atoms. The topological polar surface area (TPSA) is 15.3 Å². The summed E-state index contributed by atoms with van der Waals surface area (Å²) in [6.45, 7) is 7.16. The van der Waals surface area contributed by atoms with Crippen LogP contribution < -0.4 is 5.32 Å². The molecule has 3 aliphatic rings. The highest BCUT2D eigenvalue weighted by molar-refractivity contribution is 5.33. The number of hydrogen-bond donors (Lipinski definition) is 1. The molecule has 2 saturated heterocycles. The van der Waals surface area contributed by atoms with Gasteiger partial charge in [-0.3, -0.25) is 4.90 Å². The van der Waals surface area contributed by atoms with Crippen molar-refractivity contribution in [3.8, 4) is 0 Å². The zero-order valence-corrected chi connectivity index (χ0v) is 14.9. The molecule has 4 rings (SSSR count). The summed E-state index contributed by atoms with van der Waals surface area (Å²) >= 11 is 0. The van der Waals surface area contributed by atoms with Gasteiger partial charge in [-0.1, -0.05) is 44.5 Å². The summed E-state index contributed by atoms with van der Waals surface area (Å²) in [6, 6.07) is 9.81. The van der Waals surface area contributed by atoms with Crippen LogP contribution in [0.15, 0.2) is 24.3 Å². The first-order valence-corrected chi connectivity index (χ1v) is 9.76. The van der Waals surface area contributed by atoms with Crippen molar-refractivity contribution in [1.82, 2.24) is 10.2 Å². The van der Waals surface area contributed by atoms with E-state index in [-0.39, 0.29) is 0 Å². The third-order valence-corrected chi connectivity index (χ3v) is 6.75. The Morgan fingerprint density at radius 3 is 2.70 bits per heavy atom. The Hall–Kier alpha value is -0.860. The van der Waals surface area contributed by atoms with Crippen LogP contribution in [0, 0.1) is 5.41 Å². The highest BCUT2D eigenvalue weighted by atomic mass is 15.3. The second-order valence-corrected chi connectivity index (χ2v) is 8.46. The van der Waals surface area contributed by atoms with Gasteiger partial charge in [0, 0.05) is 12.6 Å². The SMILES string of the molecule is CC(C)c1ccccc1C1CCCN1C1CC2(CCC2)CCN1. The quantitative estimate of drug-likeness (QED) is 0.860. The average Bonchev–Trinajstić information content (AvgIpc) is 3.03. The van der Waals surface area contributed by atoms with Crippen LogP contribution in [0.2, 0.25) is 0 Å². The van der Waals surface area contributed by atoms with Gasteiger partial charge in [-0.2, -0.15) is 0 Å². The fourth-order valence-corrected chi connectivity index (χ4v) is 5.29. The molecule has 1 spiro atoms. The van der Waals surface area contributed by atoms with Gasteiger partial charge < -0.3 is 5.32 Å². The van der Waals surface area contributed by atoms with Gasteiger partial charge in [0.05, 0.1) is 6.17 Å². The molecule has 2 aliphatic heterocycles. The average molecular weight is 313 g/mol. The highest BCUT2D eigenvalue weighted by Gasteiger charge is 2.44. The lowest BCUT2D eigenvalue weighted by molar-refractivity contribution is 0.00397. The molecule has 1 aromatic rings. The summed E-state index contributed by atoms with van der Waals surface area (Å²) in [5.74, 6) is 0.617. The smallest absolute Gasteiger partial charge is 0.0607 e. The summed E-state index contributed by atoms with van der Waals surface area (Å²) in [5.41, 5.74) is 3.84. The molecular formula is C21H32N2. The molecule has 1 saturated carbocycles. The highest BCUT2D eigenvalue weighted by Crippen LogP contribution is 2.50. The molecule has 2 unspecified atom stereocenters. The minimum Gasteiger partial charge on any atom is -0.302 e. The third kappa shape index (κ3) is 2.85. The molecular weight excluding hydrogens is 280 g/mol. The Morgan fingerprint density at radius 1 is 1.13 bits per heavy atom. The molecule has 2 heteroatoms. The van der Waals surface area contributed by atoms with E-state index in [2.05, 4.69) is 48.3 Å². The van der Waals surface area contributed by atoms with Gasteiger partial charge >= 0.3 is 0 Å². The Labute approximate surface area is 141 Å². The van der Waals surface area contributed by atoms with Gasteiger partial charge in [0.25, 0.3) is 0 Å². The number of hydrogen-bond acceptors (Lipinski definition) is 2. The minimum atomic E-state index is 0.608. The number of benzene rings is 1. The molecule has 1 aromatic carbocycles. The zero-order chi connectivity index (χ0) is 15.9. The van der Waals surface area contributed by atoms with Crippen LogP contribution >= 0.6 is 0 Å². The Bertz CT molecular complexity index is 547. The van der Waals surface area contributed by atoms with Gasteiger partial charge in [-0.05, 0) is 67.5 Å². The van der Waals surface area contributed by atoms with Crippen molar-refractivity contribution in [2.75, 3.05) is 13.1 Å². The van der Waals surface area contributed by atoms with Crippen LogP contribution in [-0.2, 0) is 0 Å². The first kappa shape index (κ1) is 15.7. The summed E-state index contributed by atoms with van der Waals surface area (Å²) in [7, 11) is 0. The maximum absolute atomic E-state index is 3.86. The van der Waals surface area contributed by atoms with Gasteiger partial charge in [-0.25, -0.2) is 0 Å². The second-order valence-electron chi connectivity index (χ2n) is 8.46. The summed E-state index contributed by atoms with van der Waals surface area (Å²) < 4.78 is 0. The van der Waals surface area contributed by atoms with E-state index in [1.165, 1.54) is 58.0 Å². The van der Waals surface area contributed by atoms with Crippen molar-refractivity contribution in [2.45, 2.75) is 76.9 Å². The molecule has 3 fully saturated rings. The lowest BCUT2D eigenvalue weighted by Gasteiger charge is -2.51. The predicted molar refractivity (Wildman–Crippen MR) is 96.5 cm³/mol. The normalized spacial score (nSPS) is 30.7. The van der Waals surface area contributed by atoms with Crippen molar-refractivity contribution in [3.05, 3.63) is 35.4 Å². The first-order chi connectivity index (χ1) is 11.2. The Kier molecular flexibility index (Phi) is 4.23. The van der Waals surface area contributed by atoms with Crippen LogP contribution in [0.4, 0.5) is 0 Å². The van der Waals surface area contributed by atoms with Crippen molar-refractivity contribution in [1.29, 1.82) is 0 Å². The lowest BCUT2D eigenvalue weighted by Crippen LogP contribution is -2.54.